The van der Waals surface area contributed by atoms with Crippen LogP contribution in [-0.4, -0.2) is 15.9 Å². The zero-order valence-electron chi connectivity index (χ0n) is 13.1. The van der Waals surface area contributed by atoms with Crippen molar-refractivity contribution < 1.29 is 4.79 Å². The zero-order valence-corrected chi connectivity index (χ0v) is 13.8. The third-order valence-corrected chi connectivity index (χ3v) is 4.12. The average molecular weight is 340 g/mol. The van der Waals surface area contributed by atoms with Crippen LogP contribution in [0.2, 0.25) is 5.02 Å². The minimum Gasteiger partial charge on any atom is -0.349 e. The van der Waals surface area contributed by atoms with Crippen LogP contribution in [0.25, 0.3) is 0 Å². The van der Waals surface area contributed by atoms with Crippen LogP contribution < -0.4 is 5.32 Å². The van der Waals surface area contributed by atoms with E-state index in [-0.39, 0.29) is 11.8 Å². The lowest BCUT2D eigenvalue weighted by Crippen LogP contribution is -2.25. The fraction of sp³-hybridized carbons (Fsp3) is 0.158. The Morgan fingerprint density at radius 2 is 1.79 bits per heavy atom. The molecule has 5 heteroatoms. The van der Waals surface area contributed by atoms with Gasteiger partial charge in [-0.05, 0) is 23.3 Å². The molecule has 3 aromatic rings. The first-order chi connectivity index (χ1) is 11.7. The topological polar surface area (TPSA) is 57.8 Å². The van der Waals surface area contributed by atoms with Gasteiger partial charge < -0.3 is 10.3 Å². The number of aromatic nitrogens is 2. The predicted octanol–water partition coefficient (Wildman–Crippen LogP) is 3.90. The quantitative estimate of drug-likeness (QED) is 0.715. The monoisotopic (exact) mass is 339 g/mol. The summed E-state index contributed by atoms with van der Waals surface area (Å²) in [5.41, 5.74) is 2.17. The van der Waals surface area contributed by atoms with Crippen LogP contribution in [0, 0.1) is 0 Å². The van der Waals surface area contributed by atoms with E-state index in [1.165, 1.54) is 0 Å². The number of benzene rings is 2. The van der Waals surface area contributed by atoms with Crippen LogP contribution >= 0.6 is 11.6 Å². The van der Waals surface area contributed by atoms with Gasteiger partial charge in [0.2, 0.25) is 5.91 Å². The molecule has 1 heterocycles. The second-order valence-corrected chi connectivity index (χ2v) is 5.97. The Morgan fingerprint density at radius 3 is 2.46 bits per heavy atom. The van der Waals surface area contributed by atoms with Crippen LogP contribution in [0.4, 0.5) is 0 Å². The molecule has 0 saturated heterocycles. The van der Waals surface area contributed by atoms with Crippen LogP contribution in [0.1, 0.15) is 29.3 Å². The average Bonchev–Trinajstić information content (AvgIpc) is 3.13. The molecule has 0 saturated carbocycles. The number of halogens is 1. The van der Waals surface area contributed by atoms with Crippen LogP contribution in [0.5, 0.6) is 0 Å². The third-order valence-electron chi connectivity index (χ3n) is 3.87. The maximum atomic E-state index is 12.4. The molecule has 2 aromatic carbocycles. The third kappa shape index (κ3) is 4.24. The Morgan fingerprint density at radius 1 is 1.08 bits per heavy atom. The van der Waals surface area contributed by atoms with Crippen LogP contribution in [0.15, 0.2) is 67.0 Å². The Kier molecular flexibility index (Phi) is 5.29. The highest BCUT2D eigenvalue weighted by Crippen LogP contribution is 2.28. The number of hydrogen-bond donors (Lipinski definition) is 2. The highest BCUT2D eigenvalue weighted by atomic mass is 35.5. The smallest absolute Gasteiger partial charge is 0.221 e. The van der Waals surface area contributed by atoms with E-state index in [0.717, 1.165) is 17.0 Å². The molecule has 4 nitrogen and oxygen atoms in total. The van der Waals surface area contributed by atoms with E-state index in [1.54, 1.807) is 12.4 Å². The van der Waals surface area contributed by atoms with Crippen molar-refractivity contribution in [3.05, 3.63) is 89.0 Å². The molecule has 0 aliphatic heterocycles. The van der Waals surface area contributed by atoms with Crippen molar-refractivity contribution in [2.24, 2.45) is 0 Å². The van der Waals surface area contributed by atoms with Crippen molar-refractivity contribution in [3.63, 3.8) is 0 Å². The van der Waals surface area contributed by atoms with Crippen LogP contribution in [0.3, 0.4) is 0 Å². The minimum atomic E-state index is -0.0183. The summed E-state index contributed by atoms with van der Waals surface area (Å²) in [5.74, 6) is 0.710. The highest BCUT2D eigenvalue weighted by Gasteiger charge is 2.18. The molecule has 1 atom stereocenters. The number of H-pyrrole nitrogens is 1. The fourth-order valence-electron chi connectivity index (χ4n) is 2.64. The van der Waals surface area contributed by atoms with Gasteiger partial charge in [-0.1, -0.05) is 54.1 Å². The van der Waals surface area contributed by atoms with Crippen LogP contribution in [-0.2, 0) is 11.3 Å². The van der Waals surface area contributed by atoms with Crippen molar-refractivity contribution >= 4 is 17.5 Å². The largest absolute Gasteiger partial charge is 0.349 e. The molecule has 2 N–H and O–H groups in total. The van der Waals surface area contributed by atoms with E-state index in [2.05, 4.69) is 15.3 Å². The van der Waals surface area contributed by atoms with E-state index in [0.29, 0.717) is 18.0 Å². The van der Waals surface area contributed by atoms with Gasteiger partial charge in [0.25, 0.3) is 0 Å². The Balaban J connectivity index is 1.74. The lowest BCUT2D eigenvalue weighted by molar-refractivity contribution is -0.121. The number of rotatable bonds is 6. The second kappa shape index (κ2) is 7.79. The summed E-state index contributed by atoms with van der Waals surface area (Å²) in [5, 5.41) is 3.60. The summed E-state index contributed by atoms with van der Waals surface area (Å²) in [6.07, 6.45) is 3.77. The number of hydrogen-bond acceptors (Lipinski definition) is 2. The molecule has 0 unspecified atom stereocenters. The normalized spacial score (nSPS) is 11.9. The summed E-state index contributed by atoms with van der Waals surface area (Å²) < 4.78 is 0. The molecule has 0 spiro atoms. The first kappa shape index (κ1) is 16.3. The molecular weight excluding hydrogens is 322 g/mol. The van der Waals surface area contributed by atoms with Gasteiger partial charge in [-0.3, -0.25) is 4.79 Å². The number of nitrogens with one attached hydrogen (secondary N) is 2. The van der Waals surface area contributed by atoms with Crippen molar-refractivity contribution in [3.8, 4) is 0 Å². The number of amides is 1. The molecule has 0 bridgehead atoms. The van der Waals surface area contributed by atoms with Crippen molar-refractivity contribution in [2.45, 2.75) is 18.9 Å². The number of imidazole rings is 1. The number of aromatic amines is 1. The standard InChI is InChI=1S/C19H18ClN3O/c20-16-8-6-15(7-9-16)17(14-4-2-1-3-5-14)12-19(24)23-13-18-21-10-11-22-18/h1-11,17H,12-13H2,(H,21,22)(H,23,24)/t17-/m0/s1. The van der Waals surface area contributed by atoms with Gasteiger partial charge in [-0.2, -0.15) is 0 Å². The van der Waals surface area contributed by atoms with Crippen molar-refractivity contribution in [1.29, 1.82) is 0 Å². The van der Waals surface area contributed by atoms with Gasteiger partial charge in [-0.15, -0.1) is 0 Å². The summed E-state index contributed by atoms with van der Waals surface area (Å²) in [7, 11) is 0. The van der Waals surface area contributed by atoms with Crippen molar-refractivity contribution in [2.75, 3.05) is 0 Å². The summed E-state index contributed by atoms with van der Waals surface area (Å²) in [6, 6.07) is 17.7. The first-order valence-corrected chi connectivity index (χ1v) is 8.15. The van der Waals surface area contributed by atoms with Gasteiger partial charge in [0.05, 0.1) is 6.54 Å². The Bertz CT molecular complexity index is 770. The van der Waals surface area contributed by atoms with E-state index < -0.39 is 0 Å². The maximum absolute atomic E-state index is 12.4. The Hall–Kier alpha value is -2.59. The summed E-state index contributed by atoms with van der Waals surface area (Å²) >= 11 is 5.99. The van der Waals surface area contributed by atoms with Gasteiger partial charge in [0.1, 0.15) is 5.82 Å². The number of carbonyl (C=O) groups excluding carboxylic acids is 1. The lowest BCUT2D eigenvalue weighted by Gasteiger charge is -2.18. The molecule has 24 heavy (non-hydrogen) atoms. The SMILES string of the molecule is O=C(C[C@@H](c1ccccc1)c1ccc(Cl)cc1)NCc1ncc[nH]1. The van der Waals surface area contributed by atoms with Gasteiger partial charge in [0.15, 0.2) is 0 Å². The molecular formula is C19H18ClN3O. The maximum Gasteiger partial charge on any atom is 0.221 e. The summed E-state index contributed by atoms with van der Waals surface area (Å²) in [4.78, 5) is 19.5. The molecule has 122 valence electrons. The fourth-order valence-corrected chi connectivity index (χ4v) is 2.77. The molecule has 1 aromatic heterocycles. The lowest BCUT2D eigenvalue weighted by atomic mass is 9.88. The second-order valence-electron chi connectivity index (χ2n) is 5.53. The summed E-state index contributed by atoms with van der Waals surface area (Å²) in [6.45, 7) is 0.397. The molecule has 0 aliphatic rings. The molecule has 3 rings (SSSR count). The molecule has 0 aliphatic carbocycles. The van der Waals surface area contributed by atoms with E-state index in [9.17, 15) is 4.79 Å². The number of carbonyl (C=O) groups is 1. The minimum absolute atomic E-state index is 0.0138. The molecule has 0 fully saturated rings. The molecule has 0 radical (unpaired) electrons. The van der Waals surface area contributed by atoms with E-state index in [4.69, 9.17) is 11.6 Å². The van der Waals surface area contributed by atoms with E-state index in [1.807, 2.05) is 54.6 Å². The van der Waals surface area contributed by atoms with Gasteiger partial charge in [-0.25, -0.2) is 4.98 Å². The predicted molar refractivity (Wildman–Crippen MR) is 94.8 cm³/mol. The highest BCUT2D eigenvalue weighted by molar-refractivity contribution is 6.30. The Labute approximate surface area is 145 Å². The van der Waals surface area contributed by atoms with E-state index >= 15 is 0 Å². The van der Waals surface area contributed by atoms with Gasteiger partial charge >= 0.3 is 0 Å². The number of nitrogens with zero attached hydrogens (tertiary/aromatic N) is 1. The zero-order chi connectivity index (χ0) is 16.8. The molecule has 1 amide bonds. The van der Waals surface area contributed by atoms with Gasteiger partial charge in [0, 0.05) is 29.8 Å². The van der Waals surface area contributed by atoms with Crippen molar-refractivity contribution in [1.82, 2.24) is 15.3 Å². The first-order valence-electron chi connectivity index (χ1n) is 7.78.